The molecule has 0 fully saturated rings. The Morgan fingerprint density at radius 1 is 1.06 bits per heavy atom. The summed E-state index contributed by atoms with van der Waals surface area (Å²) in [7, 11) is 2.04. The second-order valence-electron chi connectivity index (χ2n) is 8.30. The largest absolute Gasteiger partial charge is 0.359 e. The lowest BCUT2D eigenvalue weighted by molar-refractivity contribution is 0.0986. The van der Waals surface area contributed by atoms with Crippen LogP contribution in [0.15, 0.2) is 83.9 Å². The van der Waals surface area contributed by atoms with Gasteiger partial charge in [-0.05, 0) is 47.9 Å². The van der Waals surface area contributed by atoms with Crippen LogP contribution in [-0.4, -0.2) is 36.8 Å². The highest BCUT2D eigenvalue weighted by Crippen LogP contribution is 2.36. The molecule has 160 valence electrons. The van der Waals surface area contributed by atoms with Crippen molar-refractivity contribution in [2.24, 2.45) is 10.9 Å². The molecule has 0 N–H and O–H groups in total. The number of hydrogen-bond acceptors (Lipinski definition) is 3. The van der Waals surface area contributed by atoms with E-state index in [0.29, 0.717) is 17.1 Å². The number of amidine groups is 1. The quantitative estimate of drug-likeness (QED) is 0.449. The molecule has 1 unspecified atom stereocenters. The van der Waals surface area contributed by atoms with Gasteiger partial charge in [-0.1, -0.05) is 66.2 Å². The van der Waals surface area contributed by atoms with Gasteiger partial charge in [0, 0.05) is 20.1 Å². The molecule has 1 atom stereocenters. The molecule has 0 bridgehead atoms. The Hall–Kier alpha value is -3.37. The van der Waals surface area contributed by atoms with Crippen molar-refractivity contribution in [1.82, 2.24) is 4.90 Å². The van der Waals surface area contributed by atoms with Crippen molar-refractivity contribution in [1.29, 1.82) is 0 Å². The van der Waals surface area contributed by atoms with Crippen LogP contribution in [0.1, 0.15) is 15.9 Å². The number of likely N-dealkylation sites (N-methyl/N-ethyl adjacent to an activating group) is 1. The highest BCUT2D eigenvalue weighted by atomic mass is 35.5. The van der Waals surface area contributed by atoms with Crippen molar-refractivity contribution < 1.29 is 4.79 Å². The molecular formula is C27H24ClN3O. The van der Waals surface area contributed by atoms with Gasteiger partial charge in [-0.2, -0.15) is 0 Å². The summed E-state index contributed by atoms with van der Waals surface area (Å²) in [5.74, 6) is 0.906. The molecule has 0 saturated heterocycles. The third-order valence-electron chi connectivity index (χ3n) is 6.16. The number of para-hydroxylation sites is 2. The Kier molecular flexibility index (Phi) is 5.32. The number of benzene rings is 3. The number of rotatable bonds is 2. The number of aliphatic imine (C=N–C) groups is 1. The number of nitrogens with zero attached hydrogens (tertiary/aromatic N) is 3. The van der Waals surface area contributed by atoms with Crippen LogP contribution >= 0.6 is 11.6 Å². The first kappa shape index (κ1) is 20.5. The number of amides is 1. The lowest BCUT2D eigenvalue weighted by Gasteiger charge is -2.30. The van der Waals surface area contributed by atoms with Crippen molar-refractivity contribution in [2.45, 2.75) is 6.92 Å². The Morgan fingerprint density at radius 3 is 2.66 bits per heavy atom. The normalized spacial score (nSPS) is 17.3. The highest BCUT2D eigenvalue weighted by Gasteiger charge is 2.31. The molecule has 3 aromatic carbocycles. The zero-order chi connectivity index (χ0) is 22.2. The standard InChI is InChI=1S/C27H24ClN3O/c1-18-8-3-4-10-21(18)19-13-14-22(23(28)16-19)27(32)31-17-20-9-7-15-30(2)26(20)29-24-11-5-6-12-25(24)31/h3-14,16,20H,15,17H2,1-2H3. The van der Waals surface area contributed by atoms with Crippen LogP contribution in [0.3, 0.4) is 0 Å². The minimum absolute atomic E-state index is 0.0371. The molecule has 2 aliphatic heterocycles. The number of anilines is 1. The summed E-state index contributed by atoms with van der Waals surface area (Å²) in [6.45, 7) is 3.41. The molecule has 2 aliphatic rings. The SMILES string of the molecule is Cc1ccccc1-c1ccc(C(=O)N2CC3C=CCN(C)C3=Nc3ccccc32)c(Cl)c1. The average Bonchev–Trinajstić information content (AvgIpc) is 2.97. The van der Waals surface area contributed by atoms with Gasteiger partial charge in [0.1, 0.15) is 5.84 Å². The summed E-state index contributed by atoms with van der Waals surface area (Å²) in [5, 5.41) is 0.454. The minimum Gasteiger partial charge on any atom is -0.359 e. The van der Waals surface area contributed by atoms with Crippen LogP contribution in [0, 0.1) is 12.8 Å². The summed E-state index contributed by atoms with van der Waals surface area (Å²) < 4.78 is 0. The Morgan fingerprint density at radius 2 is 1.84 bits per heavy atom. The van der Waals surface area contributed by atoms with E-state index in [9.17, 15) is 4.79 Å². The number of carbonyl (C=O) groups excluding carboxylic acids is 1. The molecule has 0 saturated carbocycles. The third kappa shape index (κ3) is 3.61. The van der Waals surface area contributed by atoms with E-state index in [4.69, 9.17) is 16.6 Å². The van der Waals surface area contributed by atoms with Gasteiger partial charge in [0.05, 0.1) is 27.9 Å². The lowest BCUT2D eigenvalue weighted by Crippen LogP contribution is -2.42. The maximum absolute atomic E-state index is 13.8. The third-order valence-corrected chi connectivity index (χ3v) is 6.47. The van der Waals surface area contributed by atoms with Crippen LogP contribution in [-0.2, 0) is 0 Å². The molecule has 0 spiro atoms. The van der Waals surface area contributed by atoms with Gasteiger partial charge in [0.25, 0.3) is 5.91 Å². The van der Waals surface area contributed by atoms with Crippen molar-refractivity contribution in [3.8, 4) is 11.1 Å². The summed E-state index contributed by atoms with van der Waals surface area (Å²) in [6, 6.07) is 21.7. The van der Waals surface area contributed by atoms with E-state index in [1.165, 1.54) is 5.56 Å². The van der Waals surface area contributed by atoms with Crippen LogP contribution < -0.4 is 4.90 Å². The number of aryl methyl sites for hydroxylation is 1. The number of halogens is 1. The molecule has 5 rings (SSSR count). The molecule has 0 radical (unpaired) electrons. The van der Waals surface area contributed by atoms with E-state index in [1.54, 1.807) is 0 Å². The maximum atomic E-state index is 13.8. The molecule has 2 heterocycles. The fourth-order valence-electron chi connectivity index (χ4n) is 4.45. The molecule has 0 aromatic heterocycles. The van der Waals surface area contributed by atoms with Gasteiger partial charge in [-0.15, -0.1) is 0 Å². The molecule has 5 heteroatoms. The molecule has 32 heavy (non-hydrogen) atoms. The smallest absolute Gasteiger partial charge is 0.259 e. The first-order chi connectivity index (χ1) is 15.5. The molecule has 0 aliphatic carbocycles. The van der Waals surface area contributed by atoms with Crippen molar-refractivity contribution in [3.63, 3.8) is 0 Å². The topological polar surface area (TPSA) is 35.9 Å². The fraction of sp³-hybridized carbons (Fsp3) is 0.185. The van der Waals surface area contributed by atoms with E-state index in [1.807, 2.05) is 66.5 Å². The van der Waals surface area contributed by atoms with Crippen LogP contribution in [0.5, 0.6) is 0 Å². The van der Waals surface area contributed by atoms with Crippen molar-refractivity contribution >= 4 is 34.7 Å². The van der Waals surface area contributed by atoms with E-state index in [-0.39, 0.29) is 11.8 Å². The van der Waals surface area contributed by atoms with Gasteiger partial charge in [-0.25, -0.2) is 4.99 Å². The average molecular weight is 442 g/mol. The second-order valence-corrected chi connectivity index (χ2v) is 8.71. The molecule has 4 nitrogen and oxygen atoms in total. The number of hydrogen-bond donors (Lipinski definition) is 0. The van der Waals surface area contributed by atoms with Crippen molar-refractivity contribution in [2.75, 3.05) is 25.0 Å². The maximum Gasteiger partial charge on any atom is 0.259 e. The van der Waals surface area contributed by atoms with Gasteiger partial charge >= 0.3 is 0 Å². The van der Waals surface area contributed by atoms with E-state index in [0.717, 1.165) is 34.9 Å². The zero-order valence-electron chi connectivity index (χ0n) is 18.1. The molecule has 1 amide bonds. The Bertz CT molecular complexity index is 1260. The highest BCUT2D eigenvalue weighted by molar-refractivity contribution is 6.35. The van der Waals surface area contributed by atoms with E-state index >= 15 is 0 Å². The number of fused-ring (bicyclic) bond motifs is 2. The first-order valence-corrected chi connectivity index (χ1v) is 11.1. The van der Waals surface area contributed by atoms with E-state index < -0.39 is 0 Å². The van der Waals surface area contributed by atoms with E-state index in [2.05, 4.69) is 36.1 Å². The Balaban J connectivity index is 1.54. The summed E-state index contributed by atoms with van der Waals surface area (Å²) in [6.07, 6.45) is 4.28. The van der Waals surface area contributed by atoms with Gasteiger partial charge < -0.3 is 9.80 Å². The summed E-state index contributed by atoms with van der Waals surface area (Å²) >= 11 is 6.68. The van der Waals surface area contributed by atoms with Gasteiger partial charge in [0.2, 0.25) is 0 Å². The van der Waals surface area contributed by atoms with Crippen LogP contribution in [0.4, 0.5) is 11.4 Å². The Labute approximate surface area is 193 Å². The predicted molar refractivity (Wildman–Crippen MR) is 132 cm³/mol. The summed E-state index contributed by atoms with van der Waals surface area (Å²) in [4.78, 5) is 22.6. The number of carbonyl (C=O) groups is 1. The fourth-order valence-corrected chi connectivity index (χ4v) is 4.71. The second kappa shape index (κ2) is 8.29. The predicted octanol–water partition coefficient (Wildman–Crippen LogP) is 6.12. The summed E-state index contributed by atoms with van der Waals surface area (Å²) in [5.41, 5.74) is 5.39. The van der Waals surface area contributed by atoms with Crippen LogP contribution in [0.2, 0.25) is 5.02 Å². The first-order valence-electron chi connectivity index (χ1n) is 10.8. The van der Waals surface area contributed by atoms with Gasteiger partial charge in [0.15, 0.2) is 0 Å². The van der Waals surface area contributed by atoms with Gasteiger partial charge in [-0.3, -0.25) is 4.79 Å². The van der Waals surface area contributed by atoms with Crippen LogP contribution in [0.25, 0.3) is 11.1 Å². The van der Waals surface area contributed by atoms with Crippen molar-refractivity contribution in [3.05, 3.63) is 95.0 Å². The zero-order valence-corrected chi connectivity index (χ0v) is 18.9. The molecular weight excluding hydrogens is 418 g/mol. The monoisotopic (exact) mass is 441 g/mol. The lowest BCUT2D eigenvalue weighted by atomic mass is 9.99. The molecule has 3 aromatic rings. The minimum atomic E-state index is -0.114.